The number of unbranched alkanes of at least 4 members (excludes halogenated alkanes) is 1. The average molecular weight is 338 g/mol. The third-order valence-corrected chi connectivity index (χ3v) is 10.7. The zero-order valence-electron chi connectivity index (χ0n) is 15.7. The minimum absolute atomic E-state index is 0.796. The van der Waals surface area contributed by atoms with E-state index in [1.807, 2.05) is 0 Å². The Labute approximate surface area is 148 Å². The molecule has 3 saturated carbocycles. The zero-order chi connectivity index (χ0) is 15.9. The molecule has 0 heterocycles. The van der Waals surface area contributed by atoms with Crippen LogP contribution in [0, 0.1) is 5.92 Å². The van der Waals surface area contributed by atoms with E-state index in [1.54, 1.807) is 77.0 Å². The maximum atomic E-state index is 2.36. The van der Waals surface area contributed by atoms with Crippen molar-refractivity contribution in [2.75, 3.05) is 0 Å². The smallest absolute Gasteiger partial charge is 0.0654 e. The molecule has 1 heteroatoms. The van der Waals surface area contributed by atoms with E-state index in [4.69, 9.17) is 0 Å². The van der Waals surface area contributed by atoms with Crippen molar-refractivity contribution in [1.29, 1.82) is 0 Å². The first-order chi connectivity index (χ1) is 11.4. The van der Waals surface area contributed by atoms with Crippen LogP contribution in [0.15, 0.2) is 0 Å². The van der Waals surface area contributed by atoms with Gasteiger partial charge in [-0.3, -0.25) is 0 Å². The van der Waals surface area contributed by atoms with Crippen LogP contribution < -0.4 is 0 Å². The summed E-state index contributed by atoms with van der Waals surface area (Å²) in [7, 11) is 0.796. The van der Waals surface area contributed by atoms with E-state index in [0.29, 0.717) is 0 Å². The molecule has 0 aromatic heterocycles. The van der Waals surface area contributed by atoms with Crippen LogP contribution >= 0.6 is 0 Å². The van der Waals surface area contributed by atoms with Gasteiger partial charge in [-0.05, 0) is 93.9 Å². The van der Waals surface area contributed by atoms with Crippen LogP contribution in [0.5, 0.6) is 0 Å². The molecule has 0 aromatic carbocycles. The molecule has 3 aliphatic rings. The van der Waals surface area contributed by atoms with Gasteiger partial charge >= 0.3 is 0 Å². The highest BCUT2D eigenvalue weighted by Crippen LogP contribution is 2.42. The predicted molar refractivity (Wildman–Crippen MR) is 106 cm³/mol. The Kier molecular flexibility index (Phi) is 7.68. The lowest BCUT2D eigenvalue weighted by Gasteiger charge is -2.37. The van der Waals surface area contributed by atoms with Crippen molar-refractivity contribution >= 4 is 10.9 Å². The second-order valence-corrected chi connectivity index (χ2v) is 11.5. The molecule has 3 fully saturated rings. The molecule has 0 bridgehead atoms. The lowest BCUT2D eigenvalue weighted by atomic mass is 9.85. The molecule has 0 nitrogen and oxygen atoms in total. The van der Waals surface area contributed by atoms with Crippen LogP contribution in [0.4, 0.5) is 0 Å². The summed E-state index contributed by atoms with van der Waals surface area (Å²) >= 11 is 0. The maximum Gasteiger partial charge on any atom is 0.118 e. The van der Waals surface area contributed by atoms with Crippen LogP contribution in [0.3, 0.4) is 0 Å². The Morgan fingerprint density at radius 1 is 0.609 bits per heavy atom. The summed E-state index contributed by atoms with van der Waals surface area (Å²) < 4.78 is 0. The summed E-state index contributed by atoms with van der Waals surface area (Å²) in [5.41, 5.74) is 0. The number of hydrogen-bond acceptors (Lipinski definition) is 0. The third-order valence-electron chi connectivity index (χ3n) is 7.02. The van der Waals surface area contributed by atoms with Gasteiger partial charge in [0.05, 0.1) is 0 Å². The molecule has 134 valence electrons. The van der Waals surface area contributed by atoms with Gasteiger partial charge in [-0.25, -0.2) is 0 Å². The van der Waals surface area contributed by atoms with Crippen LogP contribution in [-0.2, 0) is 10.9 Å². The molecule has 0 amide bonds. The lowest BCUT2D eigenvalue weighted by Crippen LogP contribution is -2.44. The number of hydrogen-bond donors (Lipinski definition) is 0. The minimum Gasteiger partial charge on any atom is -0.0654 e. The first-order valence-corrected chi connectivity index (χ1v) is 12.5. The summed E-state index contributed by atoms with van der Waals surface area (Å²) in [4.78, 5) is 0. The fourth-order valence-corrected chi connectivity index (χ4v) is 9.88. The van der Waals surface area contributed by atoms with E-state index in [-0.39, 0.29) is 0 Å². The highest BCUT2D eigenvalue weighted by Gasteiger charge is 2.45. The van der Waals surface area contributed by atoms with Crippen molar-refractivity contribution in [3.05, 3.63) is 0 Å². The Morgan fingerprint density at radius 3 is 1.57 bits per heavy atom. The van der Waals surface area contributed by atoms with Crippen molar-refractivity contribution < 1.29 is 0 Å². The van der Waals surface area contributed by atoms with Crippen molar-refractivity contribution in [3.8, 4) is 0 Å². The first kappa shape index (κ1) is 18.2. The molecule has 23 heavy (non-hydrogen) atoms. The molecule has 3 rings (SSSR count). The minimum atomic E-state index is 0.796. The topological polar surface area (TPSA) is 0 Å². The molecule has 3 aliphatic carbocycles. The van der Waals surface area contributed by atoms with E-state index in [1.165, 1.54) is 32.1 Å². The Hall–Kier alpha value is 0.350. The van der Waals surface area contributed by atoms with Gasteiger partial charge in [0.25, 0.3) is 0 Å². The highest BCUT2D eigenvalue weighted by molar-refractivity contribution is 7.98. The summed E-state index contributed by atoms with van der Waals surface area (Å²) in [6, 6.07) is 0. The van der Waals surface area contributed by atoms with Gasteiger partial charge in [-0.15, -0.1) is 0 Å². The second kappa shape index (κ2) is 9.73. The summed E-state index contributed by atoms with van der Waals surface area (Å²) in [6.07, 6.45) is 26.4. The SMILES string of the molecule is CCCCC1CCC([S+](C2CCCCC2)C2CCCCC2)CC1. The molecule has 0 unspecified atom stereocenters. The molecule has 0 atom stereocenters. The molecule has 0 spiro atoms. The van der Waals surface area contributed by atoms with Gasteiger partial charge in [0.1, 0.15) is 15.7 Å². The average Bonchev–Trinajstić information content (AvgIpc) is 2.63. The first-order valence-electron chi connectivity index (χ1n) is 11.1. The number of rotatable bonds is 6. The van der Waals surface area contributed by atoms with Crippen LogP contribution in [0.1, 0.15) is 116 Å². The largest absolute Gasteiger partial charge is 0.118 e. The molecule has 0 N–H and O–H groups in total. The van der Waals surface area contributed by atoms with Crippen molar-refractivity contribution in [1.82, 2.24) is 0 Å². The normalized spacial score (nSPS) is 31.6. The summed E-state index contributed by atoms with van der Waals surface area (Å²) in [6.45, 7) is 2.36. The Bertz CT molecular complexity index is 288. The van der Waals surface area contributed by atoms with E-state index >= 15 is 0 Å². The molecule has 0 aliphatic heterocycles. The fourth-order valence-electron chi connectivity index (χ4n) is 5.68. The lowest BCUT2D eigenvalue weighted by molar-refractivity contribution is 0.333. The maximum absolute atomic E-state index is 2.36. The Morgan fingerprint density at radius 2 is 1.09 bits per heavy atom. The summed E-state index contributed by atoms with van der Waals surface area (Å²) in [5, 5.41) is 3.42. The van der Waals surface area contributed by atoms with Gasteiger partial charge in [-0.1, -0.05) is 39.0 Å². The highest BCUT2D eigenvalue weighted by atomic mass is 32.2. The van der Waals surface area contributed by atoms with Gasteiger partial charge < -0.3 is 0 Å². The molecule has 0 radical (unpaired) electrons. The van der Waals surface area contributed by atoms with E-state index in [9.17, 15) is 0 Å². The summed E-state index contributed by atoms with van der Waals surface area (Å²) in [5.74, 6) is 1.09. The van der Waals surface area contributed by atoms with E-state index in [0.717, 1.165) is 32.6 Å². The van der Waals surface area contributed by atoms with Crippen molar-refractivity contribution in [2.45, 2.75) is 132 Å². The van der Waals surface area contributed by atoms with Gasteiger partial charge in [-0.2, -0.15) is 0 Å². The van der Waals surface area contributed by atoms with Crippen molar-refractivity contribution in [2.24, 2.45) is 5.92 Å². The van der Waals surface area contributed by atoms with E-state index < -0.39 is 0 Å². The monoisotopic (exact) mass is 337 g/mol. The van der Waals surface area contributed by atoms with Gasteiger partial charge in [0, 0.05) is 0 Å². The van der Waals surface area contributed by atoms with Crippen LogP contribution in [0.2, 0.25) is 0 Å². The molecule has 0 aromatic rings. The molecular formula is C22H41S+. The van der Waals surface area contributed by atoms with Crippen molar-refractivity contribution in [3.63, 3.8) is 0 Å². The quantitative estimate of drug-likeness (QED) is 0.457. The van der Waals surface area contributed by atoms with Gasteiger partial charge in [0.2, 0.25) is 0 Å². The van der Waals surface area contributed by atoms with E-state index in [2.05, 4.69) is 6.92 Å². The predicted octanol–water partition coefficient (Wildman–Crippen LogP) is 7.02. The fraction of sp³-hybridized carbons (Fsp3) is 1.00. The molecule has 0 saturated heterocycles. The van der Waals surface area contributed by atoms with Gasteiger partial charge in [0.15, 0.2) is 0 Å². The third kappa shape index (κ3) is 5.16. The van der Waals surface area contributed by atoms with Crippen LogP contribution in [-0.4, -0.2) is 15.7 Å². The van der Waals surface area contributed by atoms with Crippen LogP contribution in [0.25, 0.3) is 0 Å². The second-order valence-electron chi connectivity index (χ2n) is 8.71. The standard InChI is InChI=1S/C22H41S/c1-2-3-10-19-15-17-22(18-16-19)23(20-11-6-4-7-12-20)21-13-8-5-9-14-21/h19-22H,2-18H2,1H3/q+1. The zero-order valence-corrected chi connectivity index (χ0v) is 16.6. The Balaban J connectivity index is 1.58. The molecular weight excluding hydrogens is 296 g/mol.